The van der Waals surface area contributed by atoms with Crippen LogP contribution in [0.1, 0.15) is 36.5 Å². The molecule has 0 fully saturated rings. The third-order valence-corrected chi connectivity index (χ3v) is 6.11. The topological polar surface area (TPSA) is 124 Å². The van der Waals surface area contributed by atoms with Crippen LogP contribution in [0, 0.1) is 25.2 Å². The first-order valence-corrected chi connectivity index (χ1v) is 11.7. The molecule has 1 atom stereocenters. The fraction of sp³-hybridized carbons (Fsp3) is 0.269. The molecule has 1 unspecified atom stereocenters. The van der Waals surface area contributed by atoms with Crippen LogP contribution in [0.2, 0.25) is 0 Å². The lowest BCUT2D eigenvalue weighted by Gasteiger charge is -2.28. The second-order valence-corrected chi connectivity index (χ2v) is 8.80. The molecule has 1 amide bonds. The summed E-state index contributed by atoms with van der Waals surface area (Å²) in [4.78, 5) is 25.5. The van der Waals surface area contributed by atoms with Crippen LogP contribution in [0.15, 0.2) is 63.7 Å². The number of nitriles is 1. The second-order valence-electron chi connectivity index (χ2n) is 7.88. The summed E-state index contributed by atoms with van der Waals surface area (Å²) in [5.41, 5.74) is 9.36. The number of nitrogens with zero attached hydrogens (tertiary/aromatic N) is 1. The van der Waals surface area contributed by atoms with Crippen molar-refractivity contribution in [2.45, 2.75) is 33.6 Å². The largest absolute Gasteiger partial charge is 0.483 e. The third kappa shape index (κ3) is 5.66. The molecule has 2 aromatic carbocycles. The summed E-state index contributed by atoms with van der Waals surface area (Å²) in [5.74, 6) is -1.46. The summed E-state index contributed by atoms with van der Waals surface area (Å²) in [6, 6.07) is 12.8. The van der Waals surface area contributed by atoms with Crippen molar-refractivity contribution in [3.8, 4) is 11.8 Å². The third-order valence-electron chi connectivity index (χ3n) is 5.62. The predicted octanol–water partition coefficient (Wildman–Crippen LogP) is 4.73. The lowest BCUT2D eigenvalue weighted by molar-refractivity contribution is -0.139. The van der Waals surface area contributed by atoms with Crippen molar-refractivity contribution < 1.29 is 23.8 Å². The quantitative estimate of drug-likeness (QED) is 0.487. The van der Waals surface area contributed by atoms with Gasteiger partial charge >= 0.3 is 5.97 Å². The number of nitrogens with one attached hydrogen (secondary N) is 1. The summed E-state index contributed by atoms with van der Waals surface area (Å²) < 4.78 is 17.3. The Morgan fingerprint density at radius 1 is 1.23 bits per heavy atom. The Bertz CT molecular complexity index is 1280. The molecule has 1 aliphatic heterocycles. The Hall–Kier alpha value is -3.77. The normalized spacial score (nSPS) is 15.3. The number of carbonyl (C=O) groups is 2. The number of carbonyl (C=O) groups excluding carboxylic acids is 2. The molecule has 8 nitrogen and oxygen atoms in total. The molecule has 0 aromatic heterocycles. The van der Waals surface area contributed by atoms with Crippen LogP contribution < -0.4 is 15.8 Å². The van der Waals surface area contributed by atoms with Gasteiger partial charge < -0.3 is 25.3 Å². The van der Waals surface area contributed by atoms with Gasteiger partial charge in [-0.3, -0.25) is 4.79 Å². The first-order valence-electron chi connectivity index (χ1n) is 10.9. The van der Waals surface area contributed by atoms with Crippen molar-refractivity contribution in [3.05, 3.63) is 80.3 Å². The van der Waals surface area contributed by atoms with E-state index in [-0.39, 0.29) is 41.9 Å². The Kier molecular flexibility index (Phi) is 8.20. The van der Waals surface area contributed by atoms with Crippen LogP contribution in [0.4, 0.5) is 5.69 Å². The molecule has 1 aliphatic rings. The van der Waals surface area contributed by atoms with Gasteiger partial charge in [-0.2, -0.15) is 5.26 Å². The van der Waals surface area contributed by atoms with E-state index in [4.69, 9.17) is 19.9 Å². The van der Waals surface area contributed by atoms with Gasteiger partial charge in [0.25, 0.3) is 5.91 Å². The molecule has 0 spiro atoms. The fourth-order valence-corrected chi connectivity index (χ4v) is 4.14. The first kappa shape index (κ1) is 25.8. The first-order chi connectivity index (χ1) is 16.7. The molecular formula is C26H26BrN3O5. The second kappa shape index (κ2) is 11.1. The summed E-state index contributed by atoms with van der Waals surface area (Å²) >= 11 is 3.43. The van der Waals surface area contributed by atoms with E-state index in [0.29, 0.717) is 21.5 Å². The van der Waals surface area contributed by atoms with E-state index in [1.807, 2.05) is 38.1 Å². The minimum Gasteiger partial charge on any atom is -0.483 e. The van der Waals surface area contributed by atoms with Gasteiger partial charge in [-0.15, -0.1) is 0 Å². The molecule has 3 rings (SSSR count). The maximum absolute atomic E-state index is 12.8. The molecule has 0 bridgehead atoms. The van der Waals surface area contributed by atoms with Crippen LogP contribution in [0.5, 0.6) is 5.75 Å². The number of nitrogens with two attached hydrogens (primary N) is 1. The zero-order valence-corrected chi connectivity index (χ0v) is 21.5. The zero-order valence-electron chi connectivity index (χ0n) is 19.9. The van der Waals surface area contributed by atoms with Gasteiger partial charge in [-0.1, -0.05) is 28.1 Å². The van der Waals surface area contributed by atoms with Gasteiger partial charge in [-0.05, 0) is 63.1 Å². The van der Waals surface area contributed by atoms with E-state index in [0.717, 1.165) is 11.1 Å². The number of ether oxygens (including phenoxy) is 3. The Balaban J connectivity index is 1.96. The van der Waals surface area contributed by atoms with Crippen LogP contribution in [0.25, 0.3) is 0 Å². The van der Waals surface area contributed by atoms with E-state index >= 15 is 0 Å². The summed E-state index contributed by atoms with van der Waals surface area (Å²) in [6.07, 6.45) is 0. The number of allylic oxidation sites excluding steroid dienone is 2. The number of esters is 1. The predicted molar refractivity (Wildman–Crippen MR) is 134 cm³/mol. The lowest BCUT2D eigenvalue weighted by atomic mass is 9.82. The highest BCUT2D eigenvalue weighted by atomic mass is 79.9. The molecule has 1 heterocycles. The number of aryl methyl sites for hydroxylation is 1. The van der Waals surface area contributed by atoms with Crippen molar-refractivity contribution in [1.29, 1.82) is 5.26 Å². The Morgan fingerprint density at radius 2 is 1.97 bits per heavy atom. The Morgan fingerprint density at radius 3 is 2.66 bits per heavy atom. The van der Waals surface area contributed by atoms with E-state index in [2.05, 4.69) is 21.2 Å². The molecule has 0 radical (unpaired) electrons. The van der Waals surface area contributed by atoms with E-state index in [1.54, 1.807) is 32.0 Å². The molecule has 9 heteroatoms. The average molecular weight is 540 g/mol. The van der Waals surface area contributed by atoms with Crippen molar-refractivity contribution in [2.24, 2.45) is 5.73 Å². The van der Waals surface area contributed by atoms with Gasteiger partial charge in [-0.25, -0.2) is 4.79 Å². The van der Waals surface area contributed by atoms with Gasteiger partial charge in [0, 0.05) is 15.7 Å². The monoisotopic (exact) mass is 539 g/mol. The van der Waals surface area contributed by atoms with E-state index in [1.165, 1.54) is 0 Å². The highest BCUT2D eigenvalue weighted by molar-refractivity contribution is 9.10. The molecule has 0 aliphatic carbocycles. The number of amides is 1. The number of hydrogen-bond acceptors (Lipinski definition) is 7. The SMILES string of the molecule is CCOC(=O)C1=C(C)OC(N)=C(C#N)C1c1cc(Br)ccc1OCC(=O)Nc1cccc(C)c1C. The molecule has 3 N–H and O–H groups in total. The van der Waals surface area contributed by atoms with Gasteiger partial charge in [0.05, 0.1) is 18.1 Å². The highest BCUT2D eigenvalue weighted by Gasteiger charge is 2.38. The molecule has 0 saturated heterocycles. The standard InChI is InChI=1S/C26H26BrN3O5/c1-5-33-26(32)23-16(4)35-25(29)19(12-28)24(23)18-11-17(27)9-10-21(18)34-13-22(31)30-20-8-6-7-14(2)15(20)3/h6-11,24H,5,13,29H2,1-4H3,(H,30,31). The summed E-state index contributed by atoms with van der Waals surface area (Å²) in [5, 5.41) is 12.7. The molecular weight excluding hydrogens is 514 g/mol. The van der Waals surface area contributed by atoms with Crippen molar-refractivity contribution in [1.82, 2.24) is 0 Å². The summed E-state index contributed by atoms with van der Waals surface area (Å²) in [6.45, 7) is 7.01. The fourth-order valence-electron chi connectivity index (χ4n) is 3.76. The molecule has 35 heavy (non-hydrogen) atoms. The van der Waals surface area contributed by atoms with Gasteiger partial charge in [0.15, 0.2) is 6.61 Å². The maximum Gasteiger partial charge on any atom is 0.338 e. The lowest BCUT2D eigenvalue weighted by Crippen LogP contribution is -2.26. The number of anilines is 1. The van der Waals surface area contributed by atoms with E-state index in [9.17, 15) is 14.9 Å². The van der Waals surface area contributed by atoms with E-state index < -0.39 is 11.9 Å². The number of benzene rings is 2. The average Bonchev–Trinajstić information content (AvgIpc) is 2.81. The number of hydrogen-bond donors (Lipinski definition) is 2. The van der Waals surface area contributed by atoms with Crippen LogP contribution >= 0.6 is 15.9 Å². The molecule has 0 saturated carbocycles. The van der Waals surface area contributed by atoms with Crippen molar-refractivity contribution in [2.75, 3.05) is 18.5 Å². The smallest absolute Gasteiger partial charge is 0.338 e. The Labute approximate surface area is 212 Å². The van der Waals surface area contributed by atoms with Gasteiger partial charge in [0.2, 0.25) is 5.88 Å². The number of halogens is 1. The zero-order chi connectivity index (χ0) is 25.7. The minimum absolute atomic E-state index is 0.0430. The maximum atomic E-state index is 12.8. The van der Waals surface area contributed by atoms with Crippen LogP contribution in [-0.2, 0) is 19.1 Å². The number of rotatable bonds is 7. The van der Waals surface area contributed by atoms with Crippen LogP contribution in [-0.4, -0.2) is 25.1 Å². The molecule has 2 aromatic rings. The van der Waals surface area contributed by atoms with Crippen LogP contribution in [0.3, 0.4) is 0 Å². The minimum atomic E-state index is -0.901. The molecule has 182 valence electrons. The van der Waals surface area contributed by atoms with Crippen molar-refractivity contribution >= 4 is 33.5 Å². The van der Waals surface area contributed by atoms with Crippen molar-refractivity contribution in [3.63, 3.8) is 0 Å². The van der Waals surface area contributed by atoms with Gasteiger partial charge in [0.1, 0.15) is 23.2 Å². The highest BCUT2D eigenvalue weighted by Crippen LogP contribution is 2.43. The summed E-state index contributed by atoms with van der Waals surface area (Å²) in [7, 11) is 0.